The van der Waals surface area contributed by atoms with Gasteiger partial charge >= 0.3 is 5.97 Å². The summed E-state index contributed by atoms with van der Waals surface area (Å²) in [5, 5.41) is 0. The number of ether oxygens (including phenoxy) is 1. The number of hydrogen-bond donors (Lipinski definition) is 2. The van der Waals surface area contributed by atoms with Crippen molar-refractivity contribution in [2.24, 2.45) is 5.73 Å². The second-order valence-corrected chi connectivity index (χ2v) is 7.01. The van der Waals surface area contributed by atoms with E-state index < -0.39 is 11.9 Å². The molecule has 1 aromatic heterocycles. The van der Waals surface area contributed by atoms with Gasteiger partial charge in [-0.3, -0.25) is 9.59 Å². The molecule has 0 aliphatic rings. The third kappa shape index (κ3) is 5.22. The summed E-state index contributed by atoms with van der Waals surface area (Å²) in [5.41, 5.74) is 7.99. The predicted molar refractivity (Wildman–Crippen MR) is 106 cm³/mol. The van der Waals surface area contributed by atoms with E-state index >= 15 is 0 Å². The first-order valence-electron chi connectivity index (χ1n) is 9.22. The Morgan fingerprint density at radius 3 is 2.36 bits per heavy atom. The summed E-state index contributed by atoms with van der Waals surface area (Å²) >= 11 is 0. The number of rotatable bonds is 8. The van der Waals surface area contributed by atoms with Crippen molar-refractivity contribution in [2.45, 2.75) is 46.8 Å². The highest BCUT2D eigenvalue weighted by molar-refractivity contribution is 6.00. The first kappa shape index (κ1) is 21.2. The van der Waals surface area contributed by atoms with E-state index in [2.05, 4.69) is 4.98 Å². The molecule has 0 aliphatic heterocycles. The number of nitrogens with one attached hydrogen (secondary N) is 1. The van der Waals surface area contributed by atoms with Crippen LogP contribution in [0.15, 0.2) is 30.3 Å². The Labute approximate surface area is 164 Å². The molecule has 0 saturated heterocycles. The van der Waals surface area contributed by atoms with E-state index in [1.165, 1.54) is 0 Å². The van der Waals surface area contributed by atoms with Gasteiger partial charge < -0.3 is 20.4 Å². The van der Waals surface area contributed by atoms with Gasteiger partial charge in [0.2, 0.25) is 5.91 Å². The highest BCUT2D eigenvalue weighted by Gasteiger charge is 2.26. The van der Waals surface area contributed by atoms with Gasteiger partial charge in [-0.25, -0.2) is 4.79 Å². The summed E-state index contributed by atoms with van der Waals surface area (Å²) in [4.78, 5) is 41.4. The van der Waals surface area contributed by atoms with Crippen LogP contribution in [-0.2, 0) is 16.1 Å². The maximum absolute atomic E-state index is 13.2. The van der Waals surface area contributed by atoms with E-state index in [0.29, 0.717) is 29.1 Å². The number of H-pyrrole nitrogens is 1. The molecule has 2 rings (SSSR count). The van der Waals surface area contributed by atoms with Crippen molar-refractivity contribution in [2.75, 3.05) is 6.54 Å². The SMILES string of the molecule is Cc1[nH]c(C(=O)N(CCC(N)=O)Cc2ccccc2)c(C)c1C(=O)OC(C)C. The van der Waals surface area contributed by atoms with E-state index in [9.17, 15) is 14.4 Å². The van der Waals surface area contributed by atoms with Crippen LogP contribution in [0.25, 0.3) is 0 Å². The van der Waals surface area contributed by atoms with E-state index in [0.717, 1.165) is 5.56 Å². The predicted octanol–water partition coefficient (Wildman–Crippen LogP) is 2.71. The smallest absolute Gasteiger partial charge is 0.340 e. The molecule has 0 fully saturated rings. The van der Waals surface area contributed by atoms with Crippen molar-refractivity contribution in [3.05, 3.63) is 58.4 Å². The number of aryl methyl sites for hydroxylation is 1. The average Bonchev–Trinajstić information content (AvgIpc) is 2.92. The Hall–Kier alpha value is -3.09. The summed E-state index contributed by atoms with van der Waals surface area (Å²) in [7, 11) is 0. The minimum Gasteiger partial charge on any atom is -0.459 e. The van der Waals surface area contributed by atoms with Crippen LogP contribution in [-0.4, -0.2) is 40.3 Å². The van der Waals surface area contributed by atoms with Crippen LogP contribution in [0.5, 0.6) is 0 Å². The number of amides is 2. The number of aromatic amines is 1. The van der Waals surface area contributed by atoms with E-state index in [1.54, 1.807) is 32.6 Å². The van der Waals surface area contributed by atoms with Crippen LogP contribution >= 0.6 is 0 Å². The molecule has 7 nitrogen and oxygen atoms in total. The number of aromatic nitrogens is 1. The third-order valence-electron chi connectivity index (χ3n) is 4.33. The molecule has 2 amide bonds. The molecular weight excluding hydrogens is 358 g/mol. The number of carbonyl (C=O) groups excluding carboxylic acids is 3. The van der Waals surface area contributed by atoms with Crippen LogP contribution in [0.2, 0.25) is 0 Å². The lowest BCUT2D eigenvalue weighted by Gasteiger charge is -2.22. The third-order valence-corrected chi connectivity index (χ3v) is 4.33. The zero-order valence-electron chi connectivity index (χ0n) is 16.7. The fourth-order valence-corrected chi connectivity index (χ4v) is 3.00. The molecular formula is C21H27N3O4. The van der Waals surface area contributed by atoms with Crippen LogP contribution in [0.4, 0.5) is 0 Å². The molecule has 3 N–H and O–H groups in total. The molecule has 0 bridgehead atoms. The van der Waals surface area contributed by atoms with E-state index in [1.807, 2.05) is 30.3 Å². The van der Waals surface area contributed by atoms with Gasteiger partial charge in [0, 0.05) is 25.2 Å². The number of esters is 1. The van der Waals surface area contributed by atoms with Gasteiger partial charge in [-0.05, 0) is 38.8 Å². The summed E-state index contributed by atoms with van der Waals surface area (Å²) in [6.45, 7) is 7.50. The monoisotopic (exact) mass is 385 g/mol. The maximum atomic E-state index is 13.2. The van der Waals surface area contributed by atoms with Crippen LogP contribution in [0, 0.1) is 13.8 Å². The molecule has 0 unspecified atom stereocenters. The molecule has 1 heterocycles. The summed E-state index contributed by atoms with van der Waals surface area (Å²) in [6, 6.07) is 9.47. The fraction of sp³-hybridized carbons (Fsp3) is 0.381. The standard InChI is InChI=1S/C21H27N3O4/c1-13(2)28-21(27)18-14(3)19(23-15(18)4)20(26)24(11-10-17(22)25)12-16-8-6-5-7-9-16/h5-9,13,23H,10-12H2,1-4H3,(H2,22,25). The number of carbonyl (C=O) groups is 3. The first-order chi connectivity index (χ1) is 13.2. The van der Waals surface area contributed by atoms with Crippen LogP contribution in [0.3, 0.4) is 0 Å². The zero-order valence-corrected chi connectivity index (χ0v) is 16.7. The lowest BCUT2D eigenvalue weighted by atomic mass is 10.1. The van der Waals surface area contributed by atoms with Gasteiger partial charge in [0.05, 0.1) is 11.7 Å². The number of primary amides is 1. The lowest BCUT2D eigenvalue weighted by molar-refractivity contribution is -0.118. The van der Waals surface area contributed by atoms with Crippen molar-refractivity contribution in [1.82, 2.24) is 9.88 Å². The van der Waals surface area contributed by atoms with Gasteiger partial charge in [-0.1, -0.05) is 30.3 Å². The van der Waals surface area contributed by atoms with Crippen molar-refractivity contribution < 1.29 is 19.1 Å². The quantitative estimate of drug-likeness (QED) is 0.682. The molecule has 0 radical (unpaired) electrons. The normalized spacial score (nSPS) is 10.8. The fourth-order valence-electron chi connectivity index (χ4n) is 3.00. The minimum atomic E-state index is -0.480. The Kier molecular flexibility index (Phi) is 6.98. The van der Waals surface area contributed by atoms with Crippen molar-refractivity contribution in [3.8, 4) is 0 Å². The summed E-state index contributed by atoms with van der Waals surface area (Å²) < 4.78 is 5.28. The second kappa shape index (κ2) is 9.21. The number of benzene rings is 1. The molecule has 0 atom stereocenters. The molecule has 0 spiro atoms. The molecule has 2 aromatic rings. The van der Waals surface area contributed by atoms with Crippen LogP contribution < -0.4 is 5.73 Å². The van der Waals surface area contributed by atoms with E-state index in [4.69, 9.17) is 10.5 Å². The topological polar surface area (TPSA) is 105 Å². The molecule has 7 heteroatoms. The van der Waals surface area contributed by atoms with Crippen molar-refractivity contribution >= 4 is 17.8 Å². The van der Waals surface area contributed by atoms with Gasteiger partial charge in [0.15, 0.2) is 0 Å². The summed E-state index contributed by atoms with van der Waals surface area (Å²) in [5.74, 6) is -1.24. The van der Waals surface area contributed by atoms with Gasteiger partial charge in [-0.15, -0.1) is 0 Å². The zero-order chi connectivity index (χ0) is 20.8. The van der Waals surface area contributed by atoms with Crippen LogP contribution in [0.1, 0.15) is 57.9 Å². The Balaban J connectivity index is 2.32. The largest absolute Gasteiger partial charge is 0.459 e. The number of nitrogens with two attached hydrogens (primary N) is 1. The Morgan fingerprint density at radius 2 is 1.79 bits per heavy atom. The highest BCUT2D eigenvalue weighted by Crippen LogP contribution is 2.22. The lowest BCUT2D eigenvalue weighted by Crippen LogP contribution is -2.34. The van der Waals surface area contributed by atoms with Gasteiger partial charge in [-0.2, -0.15) is 0 Å². The second-order valence-electron chi connectivity index (χ2n) is 7.01. The maximum Gasteiger partial charge on any atom is 0.340 e. The van der Waals surface area contributed by atoms with E-state index in [-0.39, 0.29) is 25.0 Å². The Bertz CT molecular complexity index is 856. The molecule has 0 aliphatic carbocycles. The highest BCUT2D eigenvalue weighted by atomic mass is 16.5. The Morgan fingerprint density at radius 1 is 1.14 bits per heavy atom. The minimum absolute atomic E-state index is 0.0551. The van der Waals surface area contributed by atoms with Crippen molar-refractivity contribution in [1.29, 1.82) is 0 Å². The molecule has 1 aromatic carbocycles. The molecule has 150 valence electrons. The molecule has 28 heavy (non-hydrogen) atoms. The first-order valence-corrected chi connectivity index (χ1v) is 9.22. The van der Waals surface area contributed by atoms with Gasteiger partial charge in [0.25, 0.3) is 5.91 Å². The summed E-state index contributed by atoms with van der Waals surface area (Å²) in [6.07, 6.45) is -0.204. The van der Waals surface area contributed by atoms with Gasteiger partial charge in [0.1, 0.15) is 5.69 Å². The molecule has 0 saturated carbocycles. The number of nitrogens with zero attached hydrogens (tertiary/aromatic N) is 1. The average molecular weight is 385 g/mol. The number of hydrogen-bond acceptors (Lipinski definition) is 4. The van der Waals surface area contributed by atoms with Crippen molar-refractivity contribution in [3.63, 3.8) is 0 Å².